The van der Waals surface area contributed by atoms with Gasteiger partial charge in [0.1, 0.15) is 12.3 Å². The Balaban J connectivity index is 1.64. The van der Waals surface area contributed by atoms with Gasteiger partial charge in [-0.3, -0.25) is 9.78 Å². The Bertz CT molecular complexity index is 676. The van der Waals surface area contributed by atoms with E-state index in [-0.39, 0.29) is 12.5 Å². The number of hydrazine groups is 1. The van der Waals surface area contributed by atoms with Gasteiger partial charge in [-0.05, 0) is 24.1 Å². The number of pyridine rings is 1. The lowest BCUT2D eigenvalue weighted by atomic mass is 10.2. The van der Waals surface area contributed by atoms with E-state index in [1.165, 1.54) is 10.0 Å². The molecule has 1 fully saturated rings. The number of carbonyl (C=O) groups is 2. The second kappa shape index (κ2) is 6.91. The standard InChI is InChI=1S/C17H17N3O3/c21-16(15-9-4-5-10-18-15)19-11-6-12-20(19)17(22)23-13-14-7-2-1-3-8-14/h1-5,7-10H,6,11-13H2. The zero-order chi connectivity index (χ0) is 16.1. The summed E-state index contributed by atoms with van der Waals surface area (Å²) in [7, 11) is 0. The Labute approximate surface area is 134 Å². The Morgan fingerprint density at radius 2 is 1.74 bits per heavy atom. The van der Waals surface area contributed by atoms with Crippen molar-refractivity contribution in [2.24, 2.45) is 0 Å². The van der Waals surface area contributed by atoms with Crippen molar-refractivity contribution in [2.75, 3.05) is 13.1 Å². The topological polar surface area (TPSA) is 62.7 Å². The summed E-state index contributed by atoms with van der Waals surface area (Å²) in [5.41, 5.74) is 1.22. The van der Waals surface area contributed by atoms with E-state index in [4.69, 9.17) is 4.74 Å². The van der Waals surface area contributed by atoms with E-state index < -0.39 is 6.09 Å². The first-order valence-corrected chi connectivity index (χ1v) is 7.47. The Kier molecular flexibility index (Phi) is 4.52. The summed E-state index contributed by atoms with van der Waals surface area (Å²) in [6, 6.07) is 14.6. The molecule has 1 aliphatic rings. The second-order valence-corrected chi connectivity index (χ2v) is 5.16. The van der Waals surface area contributed by atoms with Gasteiger partial charge in [0.05, 0.1) is 0 Å². The van der Waals surface area contributed by atoms with Crippen molar-refractivity contribution in [3.05, 3.63) is 66.0 Å². The van der Waals surface area contributed by atoms with Crippen LogP contribution in [0.2, 0.25) is 0 Å². The number of rotatable bonds is 3. The number of hydrogen-bond acceptors (Lipinski definition) is 4. The van der Waals surface area contributed by atoms with Crippen LogP contribution in [0.5, 0.6) is 0 Å². The van der Waals surface area contributed by atoms with Crippen LogP contribution in [0.25, 0.3) is 0 Å². The quantitative estimate of drug-likeness (QED) is 0.873. The van der Waals surface area contributed by atoms with Crippen LogP contribution in [-0.4, -0.2) is 40.1 Å². The van der Waals surface area contributed by atoms with Crippen LogP contribution in [0.15, 0.2) is 54.7 Å². The smallest absolute Gasteiger partial charge is 0.429 e. The summed E-state index contributed by atoms with van der Waals surface area (Å²) in [5.74, 6) is -0.292. The van der Waals surface area contributed by atoms with E-state index in [2.05, 4.69) is 4.98 Å². The molecule has 2 amide bonds. The van der Waals surface area contributed by atoms with Crippen molar-refractivity contribution in [1.82, 2.24) is 15.0 Å². The molecular weight excluding hydrogens is 294 g/mol. The number of benzene rings is 1. The molecule has 0 unspecified atom stereocenters. The van der Waals surface area contributed by atoms with Crippen LogP contribution in [0, 0.1) is 0 Å². The molecule has 23 heavy (non-hydrogen) atoms. The van der Waals surface area contributed by atoms with Gasteiger partial charge in [-0.25, -0.2) is 14.8 Å². The fourth-order valence-corrected chi connectivity index (χ4v) is 2.43. The van der Waals surface area contributed by atoms with Crippen LogP contribution in [0.1, 0.15) is 22.5 Å². The number of hydrogen-bond donors (Lipinski definition) is 0. The molecule has 3 rings (SSSR count). The normalized spacial score (nSPS) is 13.9. The molecule has 6 nitrogen and oxygen atoms in total. The minimum absolute atomic E-state index is 0.182. The molecule has 0 aliphatic carbocycles. The largest absolute Gasteiger partial charge is 0.443 e. The summed E-state index contributed by atoms with van der Waals surface area (Å²) in [6.45, 7) is 1.13. The van der Waals surface area contributed by atoms with Crippen LogP contribution >= 0.6 is 0 Å². The fraction of sp³-hybridized carbons (Fsp3) is 0.235. The third kappa shape index (κ3) is 3.48. The monoisotopic (exact) mass is 311 g/mol. The van der Waals surface area contributed by atoms with E-state index in [0.717, 1.165) is 12.0 Å². The number of aromatic nitrogens is 1. The minimum atomic E-state index is -0.518. The molecule has 0 N–H and O–H groups in total. The Morgan fingerprint density at radius 3 is 2.48 bits per heavy atom. The summed E-state index contributed by atoms with van der Waals surface area (Å²) in [5, 5.41) is 2.75. The molecule has 0 saturated carbocycles. The summed E-state index contributed by atoms with van der Waals surface area (Å²) >= 11 is 0. The summed E-state index contributed by atoms with van der Waals surface area (Å²) in [6.07, 6.45) is 1.76. The van der Waals surface area contributed by atoms with E-state index in [1.807, 2.05) is 30.3 Å². The van der Waals surface area contributed by atoms with Crippen molar-refractivity contribution >= 4 is 12.0 Å². The predicted octanol–water partition coefficient (Wildman–Crippen LogP) is 2.48. The lowest BCUT2D eigenvalue weighted by molar-refractivity contribution is 0.0107. The summed E-state index contributed by atoms with van der Waals surface area (Å²) < 4.78 is 5.30. The van der Waals surface area contributed by atoms with Crippen molar-refractivity contribution in [1.29, 1.82) is 0 Å². The molecule has 1 aliphatic heterocycles. The zero-order valence-electron chi connectivity index (χ0n) is 12.6. The zero-order valence-corrected chi connectivity index (χ0v) is 12.6. The molecule has 0 bridgehead atoms. The molecule has 1 aromatic heterocycles. The maximum atomic E-state index is 12.5. The van der Waals surface area contributed by atoms with Gasteiger partial charge in [-0.1, -0.05) is 36.4 Å². The van der Waals surface area contributed by atoms with E-state index >= 15 is 0 Å². The van der Waals surface area contributed by atoms with Crippen LogP contribution < -0.4 is 0 Å². The van der Waals surface area contributed by atoms with E-state index in [9.17, 15) is 9.59 Å². The Morgan fingerprint density at radius 1 is 1.00 bits per heavy atom. The maximum absolute atomic E-state index is 12.5. The molecule has 1 saturated heterocycles. The average Bonchev–Trinajstić information content (AvgIpc) is 3.10. The lowest BCUT2D eigenvalue weighted by Crippen LogP contribution is -2.45. The van der Waals surface area contributed by atoms with Gasteiger partial charge in [0.2, 0.25) is 0 Å². The first-order chi connectivity index (χ1) is 11.3. The first-order valence-electron chi connectivity index (χ1n) is 7.47. The van der Waals surface area contributed by atoms with Gasteiger partial charge in [0, 0.05) is 19.3 Å². The highest BCUT2D eigenvalue weighted by Crippen LogP contribution is 2.16. The molecule has 0 radical (unpaired) electrons. The number of nitrogens with zero attached hydrogens (tertiary/aromatic N) is 3. The van der Waals surface area contributed by atoms with Crippen LogP contribution in [-0.2, 0) is 11.3 Å². The second-order valence-electron chi connectivity index (χ2n) is 5.16. The molecule has 2 heterocycles. The van der Waals surface area contributed by atoms with Gasteiger partial charge < -0.3 is 4.74 Å². The van der Waals surface area contributed by atoms with Crippen LogP contribution in [0.4, 0.5) is 4.79 Å². The fourth-order valence-electron chi connectivity index (χ4n) is 2.43. The highest BCUT2D eigenvalue weighted by Gasteiger charge is 2.32. The van der Waals surface area contributed by atoms with Gasteiger partial charge in [-0.2, -0.15) is 0 Å². The van der Waals surface area contributed by atoms with Crippen molar-refractivity contribution in [2.45, 2.75) is 13.0 Å². The molecule has 118 valence electrons. The SMILES string of the molecule is O=C(OCc1ccccc1)N1CCCN1C(=O)c1ccccn1. The van der Waals surface area contributed by atoms with Gasteiger partial charge in [-0.15, -0.1) is 0 Å². The van der Waals surface area contributed by atoms with Gasteiger partial charge >= 0.3 is 6.09 Å². The van der Waals surface area contributed by atoms with Gasteiger partial charge in [0.25, 0.3) is 5.91 Å². The highest BCUT2D eigenvalue weighted by atomic mass is 16.6. The third-order valence-corrected chi connectivity index (χ3v) is 3.57. The number of carbonyl (C=O) groups excluding carboxylic acids is 2. The molecule has 2 aromatic rings. The van der Waals surface area contributed by atoms with E-state index in [0.29, 0.717) is 18.8 Å². The van der Waals surface area contributed by atoms with Crippen molar-refractivity contribution in [3.63, 3.8) is 0 Å². The molecular formula is C17H17N3O3. The minimum Gasteiger partial charge on any atom is -0.443 e. The number of ether oxygens (including phenoxy) is 1. The predicted molar refractivity (Wildman–Crippen MR) is 83.2 cm³/mol. The highest BCUT2D eigenvalue weighted by molar-refractivity contribution is 5.93. The van der Waals surface area contributed by atoms with E-state index in [1.54, 1.807) is 24.4 Å². The van der Waals surface area contributed by atoms with Gasteiger partial charge in [0.15, 0.2) is 0 Å². The average molecular weight is 311 g/mol. The Hall–Kier alpha value is -2.89. The first kappa shape index (κ1) is 15.0. The molecule has 0 atom stereocenters. The summed E-state index contributed by atoms with van der Waals surface area (Å²) in [4.78, 5) is 28.7. The number of amides is 2. The third-order valence-electron chi connectivity index (χ3n) is 3.57. The molecule has 0 spiro atoms. The van der Waals surface area contributed by atoms with Crippen molar-refractivity contribution in [3.8, 4) is 0 Å². The maximum Gasteiger partial charge on any atom is 0.429 e. The molecule has 6 heteroatoms. The molecule has 1 aromatic carbocycles. The van der Waals surface area contributed by atoms with Crippen molar-refractivity contribution < 1.29 is 14.3 Å². The van der Waals surface area contributed by atoms with Crippen LogP contribution in [0.3, 0.4) is 0 Å². The lowest BCUT2D eigenvalue weighted by Gasteiger charge is -2.26.